The number of aliphatic hydroxyl groups is 2. The third-order valence-electron chi connectivity index (χ3n) is 9.40. The molecule has 2 atom stereocenters. The molecule has 56 heavy (non-hydrogen) atoms. The normalized spacial score (nSPS) is 17.8. The van der Waals surface area contributed by atoms with Crippen LogP contribution in [-0.4, -0.2) is 120 Å². The highest BCUT2D eigenvalue weighted by Gasteiger charge is 2.39. The molecule has 4 aromatic rings. The van der Waals surface area contributed by atoms with E-state index in [1.54, 1.807) is 83.8 Å². The highest BCUT2D eigenvalue weighted by molar-refractivity contribution is 7.89. The predicted octanol–water partition coefficient (Wildman–Crippen LogP) is 2.17. The summed E-state index contributed by atoms with van der Waals surface area (Å²) >= 11 is 0. The second kappa shape index (κ2) is 18.4. The summed E-state index contributed by atoms with van der Waals surface area (Å²) in [6.07, 6.45) is 0.344. The van der Waals surface area contributed by atoms with Crippen molar-refractivity contribution in [3.63, 3.8) is 0 Å². The predicted molar refractivity (Wildman–Crippen MR) is 207 cm³/mol. The Labute approximate surface area is 331 Å². The van der Waals surface area contributed by atoms with Crippen LogP contribution >= 0.6 is 12.4 Å². The molecule has 296 valence electrons. The summed E-state index contributed by atoms with van der Waals surface area (Å²) in [5.74, 6) is -1.59. The van der Waals surface area contributed by atoms with Gasteiger partial charge in [-0.15, -0.1) is 12.4 Å². The molecular weight excluding hydrogens is 784 g/mol. The van der Waals surface area contributed by atoms with Gasteiger partial charge in [0, 0.05) is 64.8 Å². The monoisotopic (exact) mass is 824 g/mol. The van der Waals surface area contributed by atoms with E-state index in [1.165, 1.54) is 44.3 Å². The van der Waals surface area contributed by atoms with Crippen LogP contribution in [0.3, 0.4) is 0 Å². The summed E-state index contributed by atoms with van der Waals surface area (Å²) in [5, 5.41) is 31.1. The fourth-order valence-electron chi connectivity index (χ4n) is 6.47. The second-order valence-electron chi connectivity index (χ2n) is 13.1. The van der Waals surface area contributed by atoms with E-state index < -0.39 is 38.2 Å². The fraction of sp³-hybridized carbons (Fsp3) is 0.263. The SMILES string of the molecule is Cl.O=C(O)[C@H](O)c1ccccc1.O=C([C@H](O)c1ccccc1)N1CC2=C(C1)CN(S(=O)(=O)c1ccccn1)C2.O=S(=O)(c1ccccn1)N1CC2=C(CNC2)C1. The number of rotatable bonds is 8. The van der Waals surface area contributed by atoms with Gasteiger partial charge in [0.25, 0.3) is 26.0 Å². The molecule has 4 N–H and O–H groups in total. The van der Waals surface area contributed by atoms with Crippen molar-refractivity contribution in [2.24, 2.45) is 0 Å². The Hall–Kier alpha value is -4.85. The molecular formula is C38H41ClN6O9S2. The first-order valence-corrected chi connectivity index (χ1v) is 20.1. The van der Waals surface area contributed by atoms with Crippen LogP contribution in [0.25, 0.3) is 0 Å². The molecule has 0 unspecified atom stereocenters. The molecule has 6 heterocycles. The van der Waals surface area contributed by atoms with E-state index in [4.69, 9.17) is 10.2 Å². The molecule has 4 aliphatic heterocycles. The Morgan fingerprint density at radius 3 is 1.36 bits per heavy atom. The number of nitrogens with one attached hydrogen (secondary N) is 1. The van der Waals surface area contributed by atoms with Crippen molar-refractivity contribution >= 4 is 44.3 Å². The molecule has 0 saturated heterocycles. The quantitative estimate of drug-likeness (QED) is 0.189. The zero-order valence-corrected chi connectivity index (χ0v) is 32.4. The van der Waals surface area contributed by atoms with Crippen LogP contribution in [-0.2, 0) is 29.6 Å². The molecule has 0 saturated carbocycles. The highest BCUT2D eigenvalue weighted by Crippen LogP contribution is 2.31. The number of aromatic nitrogens is 2. The average Bonchev–Trinajstić information content (AvgIpc) is 4.01. The third-order valence-corrected chi connectivity index (χ3v) is 12.8. The summed E-state index contributed by atoms with van der Waals surface area (Å²) in [4.78, 5) is 32.3. The van der Waals surface area contributed by atoms with E-state index in [1.807, 2.05) is 6.07 Å². The van der Waals surface area contributed by atoms with E-state index in [0.717, 1.165) is 24.2 Å². The van der Waals surface area contributed by atoms with Gasteiger partial charge >= 0.3 is 5.97 Å². The van der Waals surface area contributed by atoms with Crippen molar-refractivity contribution in [2.75, 3.05) is 52.4 Å². The van der Waals surface area contributed by atoms with Gasteiger partial charge in [-0.3, -0.25) is 4.79 Å². The Balaban J connectivity index is 0.000000177. The standard InChI is InChI=1S/C19H19N3O4S.C11H13N3O2S.C8H8O3.ClH/c23-18(14-6-2-1-3-7-14)19(24)21-10-15-12-22(13-16(15)11-21)27(25,26)17-8-4-5-9-20-17;15-17(16,11-3-1-2-4-13-11)14-7-9-5-12-6-10(9)8-14;9-7(8(10)11)6-4-2-1-3-5-6;/h1-9,18,23H,10-13H2;1-4,12H,5-8H2;1-5,7,9H,(H,10,11);1H/t18-;;7-;/m1.1./s1. The summed E-state index contributed by atoms with van der Waals surface area (Å²) < 4.78 is 52.8. The number of aliphatic carboxylic acids is 1. The summed E-state index contributed by atoms with van der Waals surface area (Å²) in [6.45, 7) is 3.80. The van der Waals surface area contributed by atoms with Crippen molar-refractivity contribution in [1.29, 1.82) is 0 Å². The Bertz CT molecular complexity index is 2250. The number of amides is 1. The molecule has 0 spiro atoms. The zero-order valence-electron chi connectivity index (χ0n) is 30.0. The first-order chi connectivity index (χ1) is 26.4. The minimum absolute atomic E-state index is 0. The molecule has 0 aliphatic carbocycles. The molecule has 0 fully saturated rings. The van der Waals surface area contributed by atoms with Gasteiger partial charge in [0.05, 0.1) is 0 Å². The lowest BCUT2D eigenvalue weighted by atomic mass is 10.1. The fourth-order valence-corrected chi connectivity index (χ4v) is 9.19. The van der Waals surface area contributed by atoms with Crippen LogP contribution in [0.15, 0.2) is 142 Å². The zero-order chi connectivity index (χ0) is 39.2. The maximum absolute atomic E-state index is 12.7. The summed E-state index contributed by atoms with van der Waals surface area (Å²) in [6, 6.07) is 26.8. The number of hydrogen-bond acceptors (Lipinski definition) is 11. The van der Waals surface area contributed by atoms with Crippen molar-refractivity contribution in [3.8, 4) is 0 Å². The van der Waals surface area contributed by atoms with Crippen LogP contribution < -0.4 is 5.32 Å². The highest BCUT2D eigenvalue weighted by atomic mass is 35.5. The summed E-state index contributed by atoms with van der Waals surface area (Å²) in [5.41, 5.74) is 5.22. The number of nitrogens with zero attached hydrogens (tertiary/aromatic N) is 5. The number of carboxylic acid groups (broad SMARTS) is 1. The Kier molecular flexibility index (Phi) is 13.9. The van der Waals surface area contributed by atoms with Gasteiger partial charge in [0.2, 0.25) is 0 Å². The molecule has 8 rings (SSSR count). The number of pyridine rings is 2. The Morgan fingerprint density at radius 2 is 0.964 bits per heavy atom. The number of hydrogen-bond donors (Lipinski definition) is 4. The van der Waals surface area contributed by atoms with Gasteiger partial charge in [0.15, 0.2) is 22.3 Å². The van der Waals surface area contributed by atoms with E-state index in [0.29, 0.717) is 37.3 Å². The number of carboxylic acids is 1. The molecule has 15 nitrogen and oxygen atoms in total. The van der Waals surface area contributed by atoms with E-state index in [2.05, 4.69) is 15.3 Å². The molecule has 4 aliphatic rings. The van der Waals surface area contributed by atoms with E-state index in [-0.39, 0.29) is 41.5 Å². The third kappa shape index (κ3) is 9.56. The van der Waals surface area contributed by atoms with Gasteiger partial charge in [-0.05, 0) is 57.7 Å². The van der Waals surface area contributed by atoms with E-state index in [9.17, 15) is 31.5 Å². The number of aliphatic hydroxyl groups excluding tert-OH is 2. The smallest absolute Gasteiger partial charge is 0.337 e. The molecule has 18 heteroatoms. The summed E-state index contributed by atoms with van der Waals surface area (Å²) in [7, 11) is -7.08. The van der Waals surface area contributed by atoms with Gasteiger partial charge in [-0.1, -0.05) is 72.8 Å². The van der Waals surface area contributed by atoms with Crippen molar-refractivity contribution in [3.05, 3.63) is 143 Å². The number of carbonyl (C=O) groups is 2. The van der Waals surface area contributed by atoms with Gasteiger partial charge in [-0.2, -0.15) is 8.61 Å². The molecule has 1 amide bonds. The van der Waals surface area contributed by atoms with Crippen LogP contribution in [0.4, 0.5) is 0 Å². The maximum Gasteiger partial charge on any atom is 0.337 e. The molecule has 2 aromatic heterocycles. The second-order valence-corrected chi connectivity index (χ2v) is 16.8. The number of benzene rings is 2. The lowest BCUT2D eigenvalue weighted by molar-refractivity contribution is -0.147. The van der Waals surface area contributed by atoms with Crippen molar-refractivity contribution < 1.29 is 41.7 Å². The number of halogens is 1. The lowest BCUT2D eigenvalue weighted by Crippen LogP contribution is -2.38. The van der Waals surface area contributed by atoms with E-state index >= 15 is 0 Å². The minimum atomic E-state index is -3.65. The number of sulfonamides is 2. The average molecular weight is 825 g/mol. The minimum Gasteiger partial charge on any atom is -0.479 e. The number of carbonyl (C=O) groups excluding carboxylic acids is 1. The van der Waals surface area contributed by atoms with Gasteiger partial charge in [0.1, 0.15) is 0 Å². The van der Waals surface area contributed by atoms with Crippen LogP contribution in [0.5, 0.6) is 0 Å². The molecule has 0 bridgehead atoms. The molecule has 0 radical (unpaired) electrons. The Morgan fingerprint density at radius 1 is 0.571 bits per heavy atom. The van der Waals surface area contributed by atoms with Crippen molar-refractivity contribution in [1.82, 2.24) is 28.8 Å². The van der Waals surface area contributed by atoms with Gasteiger partial charge < -0.3 is 25.5 Å². The maximum atomic E-state index is 12.7. The van der Waals surface area contributed by atoms with Gasteiger partial charge in [-0.25, -0.2) is 31.6 Å². The molecule has 2 aromatic carbocycles. The van der Waals surface area contributed by atoms with Crippen LogP contribution in [0, 0.1) is 0 Å². The van der Waals surface area contributed by atoms with Crippen LogP contribution in [0.2, 0.25) is 0 Å². The topological polar surface area (TPSA) is 211 Å². The van der Waals surface area contributed by atoms with Crippen LogP contribution in [0.1, 0.15) is 23.3 Å². The largest absolute Gasteiger partial charge is 0.479 e. The lowest BCUT2D eigenvalue weighted by Gasteiger charge is -2.24. The first-order valence-electron chi connectivity index (χ1n) is 17.3. The van der Waals surface area contributed by atoms with Crippen molar-refractivity contribution in [2.45, 2.75) is 22.3 Å². The first kappa shape index (κ1) is 42.3.